The highest BCUT2D eigenvalue weighted by Crippen LogP contribution is 2.45. The van der Waals surface area contributed by atoms with Crippen LogP contribution in [0.2, 0.25) is 4.34 Å². The van der Waals surface area contributed by atoms with E-state index in [2.05, 4.69) is 25.3 Å². The summed E-state index contributed by atoms with van der Waals surface area (Å²) in [4.78, 5) is 18.8. The number of ether oxygens (including phenoxy) is 1. The SMILES string of the molecule is CCn1cc(-c2ccccc2[C@@H]2CN(C(=O)/C=C/CN3CCC(OC)CC3)Cc3sc(Cl)cc32)c(C(C)(F)P)n1. The van der Waals surface area contributed by atoms with Gasteiger partial charge in [-0.3, -0.25) is 14.4 Å². The van der Waals surface area contributed by atoms with Crippen molar-refractivity contribution in [2.45, 2.75) is 57.2 Å². The fourth-order valence-corrected chi connectivity index (χ4v) is 7.31. The summed E-state index contributed by atoms with van der Waals surface area (Å²) in [5.41, 5.74) is 4.24. The Labute approximate surface area is 247 Å². The molecule has 0 aliphatic carbocycles. The molecule has 0 spiro atoms. The highest BCUT2D eigenvalue weighted by atomic mass is 35.5. The maximum absolute atomic E-state index is 15.3. The van der Waals surface area contributed by atoms with Gasteiger partial charge in [-0.05, 0) is 49.4 Å². The molecule has 1 fully saturated rings. The van der Waals surface area contributed by atoms with Crippen molar-refractivity contribution in [2.24, 2.45) is 0 Å². The van der Waals surface area contributed by atoms with Crippen LogP contribution in [0.1, 0.15) is 54.3 Å². The van der Waals surface area contributed by atoms with Crippen molar-refractivity contribution < 1.29 is 13.9 Å². The third-order valence-electron chi connectivity index (χ3n) is 7.90. The lowest BCUT2D eigenvalue weighted by molar-refractivity contribution is -0.127. The molecule has 0 saturated carbocycles. The minimum atomic E-state index is -1.68. The number of carbonyl (C=O) groups is 1. The Balaban J connectivity index is 1.42. The van der Waals surface area contributed by atoms with Crippen LogP contribution in [-0.4, -0.2) is 64.9 Å². The number of likely N-dealkylation sites (tertiary alicyclic amines) is 1. The molecule has 214 valence electrons. The number of amides is 1. The number of carbonyl (C=O) groups excluding carboxylic acids is 1. The number of hydrogen-bond donors (Lipinski definition) is 0. The second kappa shape index (κ2) is 12.4. The predicted molar refractivity (Wildman–Crippen MR) is 164 cm³/mol. The number of alkyl halides is 1. The van der Waals surface area contributed by atoms with Crippen LogP contribution in [0.3, 0.4) is 0 Å². The number of piperidine rings is 1. The fraction of sp³-hybridized carbons (Fsp3) is 0.467. The van der Waals surface area contributed by atoms with E-state index in [-0.39, 0.29) is 11.8 Å². The zero-order valence-corrected chi connectivity index (χ0v) is 26.0. The van der Waals surface area contributed by atoms with Crippen molar-refractivity contribution in [2.75, 3.05) is 33.3 Å². The maximum atomic E-state index is 15.3. The Morgan fingerprint density at radius 1 is 1.27 bits per heavy atom. The van der Waals surface area contributed by atoms with Crippen molar-refractivity contribution in [3.05, 3.63) is 74.7 Å². The molecule has 1 saturated heterocycles. The van der Waals surface area contributed by atoms with Gasteiger partial charge in [0.05, 0.1) is 17.0 Å². The largest absolute Gasteiger partial charge is 0.381 e. The quantitative estimate of drug-likeness (QED) is 0.220. The summed E-state index contributed by atoms with van der Waals surface area (Å²) in [7, 11) is 4.05. The van der Waals surface area contributed by atoms with Crippen LogP contribution in [0, 0.1) is 0 Å². The van der Waals surface area contributed by atoms with Crippen LogP contribution in [0.4, 0.5) is 4.39 Å². The van der Waals surface area contributed by atoms with Gasteiger partial charge >= 0.3 is 0 Å². The van der Waals surface area contributed by atoms with Crippen LogP contribution in [-0.2, 0) is 28.0 Å². The van der Waals surface area contributed by atoms with Crippen LogP contribution >= 0.6 is 32.2 Å². The van der Waals surface area contributed by atoms with Crippen LogP contribution in [0.15, 0.2) is 48.7 Å². The van der Waals surface area contributed by atoms with Crippen molar-refractivity contribution >= 4 is 38.1 Å². The van der Waals surface area contributed by atoms with E-state index in [4.69, 9.17) is 16.3 Å². The van der Waals surface area contributed by atoms with Crippen LogP contribution in [0.25, 0.3) is 11.1 Å². The smallest absolute Gasteiger partial charge is 0.246 e. The van der Waals surface area contributed by atoms with Crippen molar-refractivity contribution in [1.82, 2.24) is 19.6 Å². The second-order valence-electron chi connectivity index (χ2n) is 10.7. The fourth-order valence-electron chi connectivity index (χ4n) is 5.74. The molecule has 0 bridgehead atoms. The first-order valence-electron chi connectivity index (χ1n) is 13.8. The number of aromatic nitrogens is 2. The number of aryl methyl sites for hydroxylation is 1. The molecule has 2 unspecified atom stereocenters. The first kappa shape index (κ1) is 29.4. The van der Waals surface area contributed by atoms with Crippen molar-refractivity contribution in [3.63, 3.8) is 0 Å². The molecule has 3 atom stereocenters. The third kappa shape index (κ3) is 6.37. The molecule has 5 rings (SSSR count). The minimum absolute atomic E-state index is 0.00906. The molecule has 10 heteroatoms. The Kier molecular flexibility index (Phi) is 9.13. The zero-order chi connectivity index (χ0) is 28.4. The van der Waals surface area contributed by atoms with E-state index in [1.807, 2.05) is 48.4 Å². The molecular formula is C30H37ClFN4O2PS. The Hall–Kier alpha value is -2.09. The van der Waals surface area contributed by atoms with Gasteiger partial charge in [0.2, 0.25) is 5.91 Å². The van der Waals surface area contributed by atoms with Crippen LogP contribution < -0.4 is 0 Å². The van der Waals surface area contributed by atoms with Gasteiger partial charge in [0, 0.05) is 68.5 Å². The molecule has 4 heterocycles. The number of halogens is 2. The number of benzene rings is 1. The normalized spacial score (nSPS) is 20.1. The van der Waals surface area contributed by atoms with E-state index < -0.39 is 5.41 Å². The summed E-state index contributed by atoms with van der Waals surface area (Å²) in [5, 5.41) is 2.87. The molecule has 6 nitrogen and oxygen atoms in total. The molecule has 2 aliphatic heterocycles. The Morgan fingerprint density at radius 3 is 2.73 bits per heavy atom. The minimum Gasteiger partial charge on any atom is -0.381 e. The number of thiophene rings is 1. The molecule has 40 heavy (non-hydrogen) atoms. The second-order valence-corrected chi connectivity index (χ2v) is 13.6. The van der Waals surface area contributed by atoms with Gasteiger partial charge in [0.1, 0.15) is 5.69 Å². The van der Waals surface area contributed by atoms with E-state index in [9.17, 15) is 4.79 Å². The number of rotatable bonds is 8. The summed E-state index contributed by atoms with van der Waals surface area (Å²) < 4.78 is 23.2. The van der Waals surface area contributed by atoms with Gasteiger partial charge in [0.15, 0.2) is 5.41 Å². The molecular weight excluding hydrogens is 566 g/mol. The summed E-state index contributed by atoms with van der Waals surface area (Å²) in [6, 6.07) is 10.1. The molecule has 2 aromatic heterocycles. The topological polar surface area (TPSA) is 50.6 Å². The highest BCUT2D eigenvalue weighted by molar-refractivity contribution is 7.18. The molecule has 0 radical (unpaired) electrons. The van der Waals surface area contributed by atoms with Crippen molar-refractivity contribution in [1.29, 1.82) is 0 Å². The van der Waals surface area contributed by atoms with Crippen LogP contribution in [0.5, 0.6) is 0 Å². The van der Waals surface area contributed by atoms with E-state index in [1.54, 1.807) is 17.9 Å². The van der Waals surface area contributed by atoms with Crippen molar-refractivity contribution in [3.8, 4) is 11.1 Å². The van der Waals surface area contributed by atoms with E-state index in [0.29, 0.717) is 35.8 Å². The molecule has 1 aromatic carbocycles. The first-order chi connectivity index (χ1) is 19.2. The lowest BCUT2D eigenvalue weighted by atomic mass is 9.83. The number of nitrogens with zero attached hydrogens (tertiary/aromatic N) is 4. The summed E-state index contributed by atoms with van der Waals surface area (Å²) in [6.45, 7) is 7.89. The van der Waals surface area contributed by atoms with Gasteiger partial charge in [-0.25, -0.2) is 4.39 Å². The zero-order valence-electron chi connectivity index (χ0n) is 23.3. The third-order valence-corrected chi connectivity index (χ3v) is 9.44. The van der Waals surface area contributed by atoms with Gasteiger partial charge in [-0.1, -0.05) is 51.2 Å². The van der Waals surface area contributed by atoms with Gasteiger partial charge < -0.3 is 9.64 Å². The lowest BCUT2D eigenvalue weighted by Crippen LogP contribution is -2.38. The standard InChI is InChI=1S/C30H37ClFN4O2PS/c1-4-36-18-25(29(33-36)30(2,32)39)22-9-6-5-8-21(22)24-17-35(19-26-23(24)16-27(31)40-26)28(37)10-7-13-34-14-11-20(38-3)12-15-34/h5-10,16,18,20,24H,4,11-15,17,19,39H2,1-3H3/b10-7+/t24-,30?/m0/s1. The van der Waals surface area contributed by atoms with Gasteiger partial charge in [-0.15, -0.1) is 11.3 Å². The molecule has 0 N–H and O–H groups in total. The summed E-state index contributed by atoms with van der Waals surface area (Å²) in [6.07, 6.45) is 7.97. The number of hydrogen-bond acceptors (Lipinski definition) is 5. The molecule has 2 aliphatic rings. The Bertz CT molecular complexity index is 1380. The van der Waals surface area contributed by atoms with Gasteiger partial charge in [-0.2, -0.15) is 5.10 Å². The summed E-state index contributed by atoms with van der Waals surface area (Å²) in [5.74, 6) is -0.104. The monoisotopic (exact) mass is 602 g/mol. The lowest BCUT2D eigenvalue weighted by Gasteiger charge is -2.34. The molecule has 1 amide bonds. The van der Waals surface area contributed by atoms with E-state index in [0.717, 1.165) is 59.6 Å². The highest BCUT2D eigenvalue weighted by Gasteiger charge is 2.34. The molecule has 3 aromatic rings. The van der Waals surface area contributed by atoms with Gasteiger partial charge in [0.25, 0.3) is 0 Å². The predicted octanol–water partition coefficient (Wildman–Crippen LogP) is 6.44. The number of methoxy groups -OCH3 is 1. The summed E-state index contributed by atoms with van der Waals surface area (Å²) >= 11 is 8.03. The van der Waals surface area contributed by atoms with E-state index in [1.165, 1.54) is 18.3 Å². The van der Waals surface area contributed by atoms with E-state index >= 15 is 4.39 Å². The average Bonchev–Trinajstić information content (AvgIpc) is 3.56. The Morgan fingerprint density at radius 2 is 2.02 bits per heavy atom. The average molecular weight is 603 g/mol. The first-order valence-corrected chi connectivity index (χ1v) is 15.6. The maximum Gasteiger partial charge on any atom is 0.246 e. The number of fused-ring (bicyclic) bond motifs is 1.